The Bertz CT molecular complexity index is 1180. The van der Waals surface area contributed by atoms with Crippen LogP contribution in [0.4, 0.5) is 5.69 Å². The molecule has 1 amide bonds. The van der Waals surface area contributed by atoms with Crippen molar-refractivity contribution >= 4 is 44.9 Å². The lowest BCUT2D eigenvalue weighted by molar-refractivity contribution is -0.128. The zero-order valence-corrected chi connectivity index (χ0v) is 20.8. The van der Waals surface area contributed by atoms with Crippen LogP contribution in [-0.2, 0) is 4.79 Å². The largest absolute Gasteiger partial charge is 0.411 e. The number of fused-ring (bicyclic) bond motifs is 1. The second-order valence-corrected chi connectivity index (χ2v) is 9.57. The standard InChI is InChI=1S/C24H27N5O2S2/c1-5-29(6-2)18-13-11-17(12-14-18)22-26-27-24(31-22)32-15-21(30)28(4)16(3)23-25-19-9-7-8-10-20(19)33-23/h7-14,16H,5-6,15H2,1-4H3. The SMILES string of the molecule is CCN(CC)c1ccc(-c2nnc(SCC(=O)N(C)C(C)c3nc4ccccc4s3)o2)cc1. The smallest absolute Gasteiger partial charge is 0.277 e. The van der Waals surface area contributed by atoms with Gasteiger partial charge in [-0.1, -0.05) is 23.9 Å². The Morgan fingerprint density at radius 1 is 1.09 bits per heavy atom. The third kappa shape index (κ3) is 5.20. The van der Waals surface area contributed by atoms with Crippen LogP contribution in [0.1, 0.15) is 31.8 Å². The number of rotatable bonds is 9. The highest BCUT2D eigenvalue weighted by Crippen LogP contribution is 2.30. The lowest BCUT2D eigenvalue weighted by Crippen LogP contribution is -2.31. The summed E-state index contributed by atoms with van der Waals surface area (Å²) in [5.74, 6) is 0.649. The molecule has 4 aromatic rings. The van der Waals surface area contributed by atoms with E-state index in [2.05, 4.69) is 46.1 Å². The van der Waals surface area contributed by atoms with E-state index in [1.54, 1.807) is 23.3 Å². The predicted octanol–water partition coefficient (Wildman–Crippen LogP) is 5.50. The average Bonchev–Trinajstić information content (AvgIpc) is 3.50. The average molecular weight is 482 g/mol. The van der Waals surface area contributed by atoms with Crippen LogP contribution in [-0.4, -0.2) is 51.9 Å². The molecule has 0 aliphatic heterocycles. The minimum absolute atomic E-state index is 0.0184. The molecule has 2 aromatic heterocycles. The van der Waals surface area contributed by atoms with E-state index < -0.39 is 0 Å². The summed E-state index contributed by atoms with van der Waals surface area (Å²) in [5, 5.41) is 9.55. The fourth-order valence-corrected chi connectivity index (χ4v) is 5.21. The number of anilines is 1. The fraction of sp³-hybridized carbons (Fsp3) is 0.333. The van der Waals surface area contributed by atoms with E-state index >= 15 is 0 Å². The highest BCUT2D eigenvalue weighted by Gasteiger charge is 2.21. The molecule has 0 saturated heterocycles. The molecule has 33 heavy (non-hydrogen) atoms. The van der Waals surface area contributed by atoms with E-state index in [0.717, 1.165) is 39.6 Å². The minimum Gasteiger partial charge on any atom is -0.411 e. The summed E-state index contributed by atoms with van der Waals surface area (Å²) in [6.07, 6.45) is 0. The maximum Gasteiger partial charge on any atom is 0.277 e. The van der Waals surface area contributed by atoms with Gasteiger partial charge in [0.1, 0.15) is 5.01 Å². The Labute approximate surface area is 201 Å². The van der Waals surface area contributed by atoms with Crippen LogP contribution < -0.4 is 4.90 Å². The third-order valence-corrected chi connectivity index (χ3v) is 7.62. The number of benzene rings is 2. The summed E-state index contributed by atoms with van der Waals surface area (Å²) in [7, 11) is 1.80. The normalized spacial score (nSPS) is 12.1. The molecule has 0 bridgehead atoms. The Hall–Kier alpha value is -2.91. The quantitative estimate of drug-likeness (QED) is 0.292. The molecule has 0 saturated carbocycles. The van der Waals surface area contributed by atoms with E-state index in [-0.39, 0.29) is 17.7 Å². The number of amides is 1. The first-order valence-corrected chi connectivity index (χ1v) is 12.7. The summed E-state index contributed by atoms with van der Waals surface area (Å²) in [6, 6.07) is 16.0. The first-order valence-electron chi connectivity index (χ1n) is 10.9. The molecule has 0 N–H and O–H groups in total. The van der Waals surface area contributed by atoms with Gasteiger partial charge in [0, 0.05) is 31.4 Å². The van der Waals surface area contributed by atoms with Crippen LogP contribution in [0.5, 0.6) is 0 Å². The van der Waals surface area contributed by atoms with E-state index in [1.807, 2.05) is 43.3 Å². The molecular weight excluding hydrogens is 454 g/mol. The molecule has 4 rings (SSSR count). The van der Waals surface area contributed by atoms with Gasteiger partial charge in [0.05, 0.1) is 22.0 Å². The molecule has 7 nitrogen and oxygen atoms in total. The van der Waals surface area contributed by atoms with E-state index in [1.165, 1.54) is 11.8 Å². The summed E-state index contributed by atoms with van der Waals surface area (Å²) in [4.78, 5) is 21.4. The van der Waals surface area contributed by atoms with Crippen LogP contribution in [0.2, 0.25) is 0 Å². The number of thiazole rings is 1. The fourth-order valence-electron chi connectivity index (χ4n) is 3.46. The molecule has 0 spiro atoms. The van der Waals surface area contributed by atoms with Crippen molar-refractivity contribution in [3.63, 3.8) is 0 Å². The van der Waals surface area contributed by atoms with Crippen LogP contribution >= 0.6 is 23.1 Å². The first-order chi connectivity index (χ1) is 16.0. The Kier molecular flexibility index (Phi) is 7.29. The molecule has 2 heterocycles. The zero-order chi connectivity index (χ0) is 23.4. The second-order valence-electron chi connectivity index (χ2n) is 7.58. The van der Waals surface area contributed by atoms with Crippen LogP contribution in [0.3, 0.4) is 0 Å². The maximum atomic E-state index is 12.8. The molecule has 0 fully saturated rings. The van der Waals surface area contributed by atoms with E-state index in [0.29, 0.717) is 11.1 Å². The minimum atomic E-state index is -0.113. The van der Waals surface area contributed by atoms with E-state index in [4.69, 9.17) is 4.42 Å². The van der Waals surface area contributed by atoms with Gasteiger partial charge >= 0.3 is 0 Å². The van der Waals surface area contributed by atoms with E-state index in [9.17, 15) is 4.79 Å². The number of nitrogens with zero attached hydrogens (tertiary/aromatic N) is 5. The van der Waals surface area contributed by atoms with Crippen molar-refractivity contribution in [2.45, 2.75) is 32.0 Å². The number of hydrogen-bond acceptors (Lipinski definition) is 8. The van der Waals surface area contributed by atoms with Gasteiger partial charge in [-0.05, 0) is 57.2 Å². The summed E-state index contributed by atoms with van der Waals surface area (Å²) in [6.45, 7) is 8.18. The van der Waals surface area contributed by atoms with Crippen LogP contribution in [0, 0.1) is 0 Å². The Balaban J connectivity index is 1.36. The predicted molar refractivity (Wildman–Crippen MR) is 135 cm³/mol. The molecule has 9 heteroatoms. The van der Waals surface area contributed by atoms with Crippen molar-refractivity contribution in [2.75, 3.05) is 30.8 Å². The molecule has 0 radical (unpaired) electrons. The molecular formula is C24H27N5O2S2. The van der Waals surface area contributed by atoms with Gasteiger partial charge in [0.15, 0.2) is 0 Å². The molecule has 2 aromatic carbocycles. The molecule has 0 aliphatic rings. The number of thioether (sulfide) groups is 1. The number of hydrogen-bond donors (Lipinski definition) is 0. The number of carbonyl (C=O) groups excluding carboxylic acids is 1. The van der Waals surface area contributed by atoms with Gasteiger partial charge in [-0.2, -0.15) is 0 Å². The van der Waals surface area contributed by atoms with Gasteiger partial charge in [0.25, 0.3) is 5.22 Å². The van der Waals surface area contributed by atoms with Crippen molar-refractivity contribution in [2.24, 2.45) is 0 Å². The highest BCUT2D eigenvalue weighted by molar-refractivity contribution is 7.99. The lowest BCUT2D eigenvalue weighted by atomic mass is 10.2. The lowest BCUT2D eigenvalue weighted by Gasteiger charge is -2.22. The van der Waals surface area contributed by atoms with Crippen molar-refractivity contribution in [3.05, 3.63) is 53.5 Å². The van der Waals surface area contributed by atoms with Gasteiger partial charge in [-0.15, -0.1) is 21.5 Å². The van der Waals surface area contributed by atoms with Crippen molar-refractivity contribution in [1.82, 2.24) is 20.1 Å². The molecule has 1 unspecified atom stereocenters. The first kappa shape index (κ1) is 23.3. The molecule has 0 aliphatic carbocycles. The van der Waals surface area contributed by atoms with Gasteiger partial charge in [0.2, 0.25) is 11.8 Å². The Morgan fingerprint density at radius 3 is 2.52 bits per heavy atom. The second kappa shape index (κ2) is 10.4. The summed E-state index contributed by atoms with van der Waals surface area (Å²) >= 11 is 2.86. The van der Waals surface area contributed by atoms with Crippen LogP contribution in [0.25, 0.3) is 21.7 Å². The molecule has 172 valence electrons. The number of para-hydroxylation sites is 1. The third-order valence-electron chi connectivity index (χ3n) is 5.61. The van der Waals surface area contributed by atoms with Crippen LogP contribution in [0.15, 0.2) is 58.2 Å². The molecule has 1 atom stereocenters. The summed E-state index contributed by atoms with van der Waals surface area (Å²) in [5.41, 5.74) is 2.98. The van der Waals surface area contributed by atoms with Gasteiger partial charge < -0.3 is 14.2 Å². The number of aromatic nitrogens is 3. The van der Waals surface area contributed by atoms with Crippen molar-refractivity contribution in [1.29, 1.82) is 0 Å². The zero-order valence-electron chi connectivity index (χ0n) is 19.2. The highest BCUT2D eigenvalue weighted by atomic mass is 32.2. The van der Waals surface area contributed by atoms with Crippen molar-refractivity contribution < 1.29 is 9.21 Å². The van der Waals surface area contributed by atoms with Gasteiger partial charge in [-0.3, -0.25) is 4.79 Å². The Morgan fingerprint density at radius 2 is 1.82 bits per heavy atom. The maximum absolute atomic E-state index is 12.8. The number of carbonyl (C=O) groups is 1. The monoisotopic (exact) mass is 481 g/mol. The van der Waals surface area contributed by atoms with Crippen molar-refractivity contribution in [3.8, 4) is 11.5 Å². The topological polar surface area (TPSA) is 75.4 Å². The van der Waals surface area contributed by atoms with Gasteiger partial charge in [-0.25, -0.2) is 4.98 Å². The summed E-state index contributed by atoms with van der Waals surface area (Å²) < 4.78 is 6.91.